The van der Waals surface area contributed by atoms with Gasteiger partial charge in [-0.05, 0) is 49.5 Å². The van der Waals surface area contributed by atoms with Crippen LogP contribution in [-0.2, 0) is 10.0 Å². The number of sulfonamides is 1. The summed E-state index contributed by atoms with van der Waals surface area (Å²) in [5.41, 5.74) is 6.22. The van der Waals surface area contributed by atoms with Gasteiger partial charge in [-0.25, -0.2) is 17.5 Å². The van der Waals surface area contributed by atoms with E-state index < -0.39 is 10.0 Å². The van der Waals surface area contributed by atoms with E-state index in [1.165, 1.54) is 43.1 Å². The van der Waals surface area contributed by atoms with E-state index in [4.69, 9.17) is 5.73 Å². The second kappa shape index (κ2) is 5.82. The van der Waals surface area contributed by atoms with E-state index in [-0.39, 0.29) is 10.7 Å². The molecule has 0 aliphatic rings. The van der Waals surface area contributed by atoms with E-state index in [2.05, 4.69) is 4.72 Å². The second-order valence-electron chi connectivity index (χ2n) is 3.96. The number of nitrogens with one attached hydrogen (secondary N) is 1. The summed E-state index contributed by atoms with van der Waals surface area (Å²) in [6.45, 7) is 0. The standard InChI is InChI=1S/C13H13FN2O2S2/c1-16-20(17,18)11-6-7-13(12(15)8-11)19-10-4-2-9(14)3-5-10/h2-8,16H,15H2,1H3. The third-order valence-corrected chi connectivity index (χ3v) is 5.11. The first-order valence-electron chi connectivity index (χ1n) is 5.69. The van der Waals surface area contributed by atoms with Gasteiger partial charge in [0, 0.05) is 15.5 Å². The summed E-state index contributed by atoms with van der Waals surface area (Å²) in [7, 11) is -2.16. The quantitative estimate of drug-likeness (QED) is 0.851. The molecule has 7 heteroatoms. The Morgan fingerprint density at radius 2 is 1.80 bits per heavy atom. The number of hydrogen-bond acceptors (Lipinski definition) is 4. The van der Waals surface area contributed by atoms with Crippen LogP contribution in [0.15, 0.2) is 57.2 Å². The Morgan fingerprint density at radius 3 is 2.35 bits per heavy atom. The molecule has 0 spiro atoms. The average molecular weight is 312 g/mol. The molecule has 0 atom stereocenters. The molecule has 0 aromatic heterocycles. The molecule has 3 N–H and O–H groups in total. The molecule has 0 amide bonds. The SMILES string of the molecule is CNS(=O)(=O)c1ccc(Sc2ccc(F)cc2)c(N)c1. The maximum Gasteiger partial charge on any atom is 0.240 e. The number of benzene rings is 2. The molecule has 0 saturated heterocycles. The largest absolute Gasteiger partial charge is 0.398 e. The van der Waals surface area contributed by atoms with Crippen molar-refractivity contribution in [2.45, 2.75) is 14.7 Å². The van der Waals surface area contributed by atoms with Crippen LogP contribution in [0.1, 0.15) is 0 Å². The summed E-state index contributed by atoms with van der Waals surface area (Å²) in [4.78, 5) is 1.65. The van der Waals surface area contributed by atoms with E-state index in [9.17, 15) is 12.8 Å². The van der Waals surface area contributed by atoms with Crippen molar-refractivity contribution in [3.63, 3.8) is 0 Å². The van der Waals surface area contributed by atoms with E-state index >= 15 is 0 Å². The molecule has 20 heavy (non-hydrogen) atoms. The fraction of sp³-hybridized carbons (Fsp3) is 0.0769. The Hall–Kier alpha value is -1.57. The third-order valence-electron chi connectivity index (χ3n) is 2.60. The predicted molar refractivity (Wildman–Crippen MR) is 77.6 cm³/mol. The lowest BCUT2D eigenvalue weighted by molar-refractivity contribution is 0.588. The first kappa shape index (κ1) is 14.8. The number of nitrogen functional groups attached to an aromatic ring is 1. The summed E-state index contributed by atoms with van der Waals surface area (Å²) in [6, 6.07) is 10.5. The lowest BCUT2D eigenvalue weighted by Gasteiger charge is -2.08. The molecule has 0 unspecified atom stereocenters. The van der Waals surface area contributed by atoms with Crippen molar-refractivity contribution in [3.05, 3.63) is 48.3 Å². The highest BCUT2D eigenvalue weighted by Crippen LogP contribution is 2.33. The van der Waals surface area contributed by atoms with Crippen molar-refractivity contribution in [2.75, 3.05) is 12.8 Å². The summed E-state index contributed by atoms with van der Waals surface area (Å²) in [6.07, 6.45) is 0. The summed E-state index contributed by atoms with van der Waals surface area (Å²) in [5, 5.41) is 0. The number of nitrogens with two attached hydrogens (primary N) is 1. The molecule has 0 saturated carbocycles. The molecule has 4 nitrogen and oxygen atoms in total. The zero-order chi connectivity index (χ0) is 14.8. The molecule has 0 aliphatic heterocycles. The number of hydrogen-bond donors (Lipinski definition) is 2. The van der Waals surface area contributed by atoms with Gasteiger partial charge in [0.15, 0.2) is 0 Å². The summed E-state index contributed by atoms with van der Waals surface area (Å²) in [5.74, 6) is -0.308. The van der Waals surface area contributed by atoms with Gasteiger partial charge in [-0.3, -0.25) is 0 Å². The minimum absolute atomic E-state index is 0.112. The molecule has 106 valence electrons. The monoisotopic (exact) mass is 312 g/mol. The third kappa shape index (κ3) is 3.30. The Kier molecular flexibility index (Phi) is 4.32. The highest BCUT2D eigenvalue weighted by atomic mass is 32.2. The van der Waals surface area contributed by atoms with Gasteiger partial charge >= 0.3 is 0 Å². The number of rotatable bonds is 4. The maximum atomic E-state index is 12.8. The molecule has 0 aliphatic carbocycles. The van der Waals surface area contributed by atoms with Crippen molar-refractivity contribution >= 4 is 27.5 Å². The zero-order valence-corrected chi connectivity index (χ0v) is 12.3. The van der Waals surface area contributed by atoms with Gasteiger partial charge in [-0.1, -0.05) is 11.8 Å². The van der Waals surface area contributed by atoms with Gasteiger partial charge in [-0.2, -0.15) is 0 Å². The highest BCUT2D eigenvalue weighted by Gasteiger charge is 2.13. The van der Waals surface area contributed by atoms with Crippen LogP contribution in [-0.4, -0.2) is 15.5 Å². The summed E-state index contributed by atoms with van der Waals surface area (Å²) < 4.78 is 38.3. The van der Waals surface area contributed by atoms with Crippen molar-refractivity contribution in [3.8, 4) is 0 Å². The first-order chi connectivity index (χ1) is 9.42. The van der Waals surface area contributed by atoms with E-state index in [0.29, 0.717) is 10.6 Å². The molecular weight excluding hydrogens is 299 g/mol. The average Bonchev–Trinajstić information content (AvgIpc) is 2.43. The van der Waals surface area contributed by atoms with E-state index in [1.807, 2.05) is 0 Å². The van der Waals surface area contributed by atoms with Crippen LogP contribution >= 0.6 is 11.8 Å². The van der Waals surface area contributed by atoms with Crippen LogP contribution in [0.25, 0.3) is 0 Å². The first-order valence-corrected chi connectivity index (χ1v) is 7.99. The topological polar surface area (TPSA) is 72.2 Å². The lowest BCUT2D eigenvalue weighted by Crippen LogP contribution is -2.18. The van der Waals surface area contributed by atoms with Crippen molar-refractivity contribution in [2.24, 2.45) is 0 Å². The van der Waals surface area contributed by atoms with Gasteiger partial charge in [0.1, 0.15) is 5.82 Å². The van der Waals surface area contributed by atoms with Crippen molar-refractivity contribution < 1.29 is 12.8 Å². The van der Waals surface area contributed by atoms with Crippen LogP contribution in [0.4, 0.5) is 10.1 Å². The molecule has 2 aromatic carbocycles. The molecule has 0 bridgehead atoms. The summed E-state index contributed by atoms with van der Waals surface area (Å²) >= 11 is 1.34. The molecule has 2 aromatic rings. The molecule has 0 radical (unpaired) electrons. The normalized spacial score (nSPS) is 11.5. The van der Waals surface area contributed by atoms with Gasteiger partial charge in [0.05, 0.1) is 4.90 Å². The van der Waals surface area contributed by atoms with Crippen LogP contribution in [0.5, 0.6) is 0 Å². The smallest absolute Gasteiger partial charge is 0.240 e. The van der Waals surface area contributed by atoms with Crippen LogP contribution < -0.4 is 10.5 Å². The van der Waals surface area contributed by atoms with E-state index in [0.717, 1.165) is 4.90 Å². The van der Waals surface area contributed by atoms with Crippen LogP contribution in [0.2, 0.25) is 0 Å². The number of anilines is 1. The van der Waals surface area contributed by atoms with Gasteiger partial charge in [-0.15, -0.1) is 0 Å². The fourth-order valence-electron chi connectivity index (χ4n) is 1.53. The minimum Gasteiger partial charge on any atom is -0.398 e. The highest BCUT2D eigenvalue weighted by molar-refractivity contribution is 7.99. The fourth-order valence-corrected chi connectivity index (χ4v) is 3.14. The molecule has 0 heterocycles. The van der Waals surface area contributed by atoms with Crippen LogP contribution in [0, 0.1) is 5.82 Å². The van der Waals surface area contributed by atoms with Gasteiger partial charge in [0.2, 0.25) is 10.0 Å². The van der Waals surface area contributed by atoms with Crippen molar-refractivity contribution in [1.82, 2.24) is 4.72 Å². The Bertz CT molecular complexity index is 716. The van der Waals surface area contributed by atoms with E-state index in [1.54, 1.807) is 18.2 Å². The predicted octanol–water partition coefficient (Wildman–Crippen LogP) is 2.47. The second-order valence-corrected chi connectivity index (χ2v) is 6.97. The van der Waals surface area contributed by atoms with Crippen LogP contribution in [0.3, 0.4) is 0 Å². The minimum atomic E-state index is -3.50. The Labute approximate surface area is 121 Å². The van der Waals surface area contributed by atoms with Gasteiger partial charge < -0.3 is 5.73 Å². The lowest BCUT2D eigenvalue weighted by atomic mass is 10.3. The zero-order valence-electron chi connectivity index (χ0n) is 10.6. The molecular formula is C13H13FN2O2S2. The molecule has 2 rings (SSSR count). The Balaban J connectivity index is 2.29. The molecule has 0 fully saturated rings. The Morgan fingerprint density at radius 1 is 1.15 bits per heavy atom. The van der Waals surface area contributed by atoms with Crippen molar-refractivity contribution in [1.29, 1.82) is 0 Å². The van der Waals surface area contributed by atoms with Gasteiger partial charge in [0.25, 0.3) is 0 Å². The number of halogens is 1. The maximum absolute atomic E-state index is 12.8.